The molecule has 1 aliphatic rings. The summed E-state index contributed by atoms with van der Waals surface area (Å²) in [6, 6.07) is 4.50. The van der Waals surface area contributed by atoms with Crippen molar-refractivity contribution in [2.45, 2.75) is 38.6 Å². The third kappa shape index (κ3) is 3.27. The van der Waals surface area contributed by atoms with Crippen LogP contribution in [0.2, 0.25) is 0 Å². The van der Waals surface area contributed by atoms with Gasteiger partial charge in [-0.3, -0.25) is 9.78 Å². The molecule has 1 saturated heterocycles. The molecule has 2 rings (SSSR count). The summed E-state index contributed by atoms with van der Waals surface area (Å²) in [5.41, 5.74) is 8.43. The van der Waals surface area contributed by atoms with Crippen molar-refractivity contribution in [1.82, 2.24) is 10.3 Å². The van der Waals surface area contributed by atoms with E-state index in [1.807, 2.05) is 13.0 Å². The molecule has 2 heterocycles. The van der Waals surface area contributed by atoms with Crippen LogP contribution in [0.5, 0.6) is 0 Å². The number of carbonyl (C=O) groups is 1. The van der Waals surface area contributed by atoms with Crippen LogP contribution in [-0.4, -0.2) is 17.4 Å². The molecule has 17 heavy (non-hydrogen) atoms. The molecule has 0 aliphatic carbocycles. The lowest BCUT2D eigenvalue weighted by molar-refractivity contribution is -0.117. The van der Waals surface area contributed by atoms with Gasteiger partial charge >= 0.3 is 0 Å². The molecule has 0 saturated carbocycles. The third-order valence-electron chi connectivity index (χ3n) is 3.11. The fourth-order valence-corrected chi connectivity index (χ4v) is 2.30. The van der Waals surface area contributed by atoms with Crippen LogP contribution < -0.4 is 11.1 Å². The highest BCUT2D eigenvalue weighted by Gasteiger charge is 2.18. The van der Waals surface area contributed by atoms with Gasteiger partial charge in [0.25, 0.3) is 0 Å². The predicted octanol–water partition coefficient (Wildman–Crippen LogP) is 1.23. The van der Waals surface area contributed by atoms with E-state index in [9.17, 15) is 4.79 Å². The first-order valence-electron chi connectivity index (χ1n) is 6.14. The Kier molecular flexibility index (Phi) is 3.74. The van der Waals surface area contributed by atoms with Gasteiger partial charge < -0.3 is 11.1 Å². The number of nitrogens with two attached hydrogens (primary N) is 1. The quantitative estimate of drug-likeness (QED) is 0.822. The molecule has 0 aromatic carbocycles. The monoisotopic (exact) mass is 233 g/mol. The largest absolute Gasteiger partial charge is 0.370 e. The average Bonchev–Trinajstić information content (AvgIpc) is 2.79. The molecule has 4 nitrogen and oxygen atoms in total. The topological polar surface area (TPSA) is 68.0 Å². The Bertz CT molecular complexity index is 411. The van der Waals surface area contributed by atoms with Crippen LogP contribution in [0.4, 0.5) is 0 Å². The Morgan fingerprint density at radius 2 is 2.41 bits per heavy atom. The first kappa shape index (κ1) is 12.0. The Hall–Kier alpha value is -1.42. The number of nitrogens with zero attached hydrogens (tertiary/aromatic N) is 1. The predicted molar refractivity (Wildman–Crippen MR) is 66.5 cm³/mol. The Balaban J connectivity index is 2.13. The molecule has 3 N–H and O–H groups in total. The number of amides is 1. The fourth-order valence-electron chi connectivity index (χ4n) is 2.30. The molecular weight excluding hydrogens is 214 g/mol. The smallest absolute Gasteiger partial charge is 0.217 e. The van der Waals surface area contributed by atoms with E-state index in [1.165, 1.54) is 6.42 Å². The molecular formula is C13H19N3O. The summed E-state index contributed by atoms with van der Waals surface area (Å²) < 4.78 is 0. The van der Waals surface area contributed by atoms with Gasteiger partial charge in [0, 0.05) is 18.2 Å². The Morgan fingerprint density at radius 3 is 3.06 bits per heavy atom. The van der Waals surface area contributed by atoms with E-state index in [2.05, 4.69) is 16.4 Å². The van der Waals surface area contributed by atoms with Gasteiger partial charge in [0.05, 0.1) is 5.69 Å². The zero-order valence-corrected chi connectivity index (χ0v) is 10.2. The molecule has 1 aromatic rings. The van der Waals surface area contributed by atoms with Gasteiger partial charge in [0.15, 0.2) is 0 Å². The van der Waals surface area contributed by atoms with Crippen molar-refractivity contribution >= 4 is 5.91 Å². The van der Waals surface area contributed by atoms with Gasteiger partial charge in [-0.25, -0.2) is 0 Å². The number of nitrogens with one attached hydrogen (secondary N) is 1. The van der Waals surface area contributed by atoms with E-state index in [-0.39, 0.29) is 5.91 Å². The van der Waals surface area contributed by atoms with Crippen LogP contribution >= 0.6 is 0 Å². The zero-order valence-electron chi connectivity index (χ0n) is 10.2. The minimum atomic E-state index is -0.250. The molecule has 92 valence electrons. The minimum Gasteiger partial charge on any atom is -0.370 e. The molecule has 1 unspecified atom stereocenters. The molecule has 0 spiro atoms. The van der Waals surface area contributed by atoms with Gasteiger partial charge in [-0.2, -0.15) is 0 Å². The first-order chi connectivity index (χ1) is 8.15. The van der Waals surface area contributed by atoms with Crippen molar-refractivity contribution in [3.8, 4) is 0 Å². The normalized spacial score (nSPS) is 19.5. The molecule has 1 aromatic heterocycles. The molecule has 0 bridgehead atoms. The number of aromatic nitrogens is 1. The lowest BCUT2D eigenvalue weighted by Crippen LogP contribution is -2.15. The first-order valence-corrected chi connectivity index (χ1v) is 6.14. The number of pyridine rings is 1. The summed E-state index contributed by atoms with van der Waals surface area (Å²) in [7, 11) is 0. The second-order valence-corrected chi connectivity index (χ2v) is 4.66. The van der Waals surface area contributed by atoms with Crippen LogP contribution in [0.1, 0.15) is 42.3 Å². The van der Waals surface area contributed by atoms with Gasteiger partial charge in [-0.05, 0) is 50.4 Å². The molecule has 4 heteroatoms. The molecule has 0 radical (unpaired) electrons. The van der Waals surface area contributed by atoms with Crippen molar-refractivity contribution in [3.05, 3.63) is 29.1 Å². The highest BCUT2D eigenvalue weighted by atomic mass is 16.1. The number of primary amides is 1. The van der Waals surface area contributed by atoms with Crippen LogP contribution in [-0.2, 0) is 11.2 Å². The van der Waals surface area contributed by atoms with Crippen molar-refractivity contribution in [1.29, 1.82) is 0 Å². The van der Waals surface area contributed by atoms with E-state index in [0.717, 1.165) is 29.9 Å². The number of rotatable bonds is 4. The van der Waals surface area contributed by atoms with Crippen molar-refractivity contribution in [2.24, 2.45) is 5.73 Å². The minimum absolute atomic E-state index is 0.250. The third-order valence-corrected chi connectivity index (χ3v) is 3.11. The summed E-state index contributed by atoms with van der Waals surface area (Å²) >= 11 is 0. The second kappa shape index (κ2) is 5.27. The summed E-state index contributed by atoms with van der Waals surface area (Å²) in [6.45, 7) is 3.06. The van der Waals surface area contributed by atoms with E-state index in [4.69, 9.17) is 5.73 Å². The van der Waals surface area contributed by atoms with E-state index in [1.54, 1.807) is 0 Å². The average molecular weight is 233 g/mol. The standard InChI is InChI=1S/C13H19N3O/c1-9-7-10(4-5-13(14)17)8-12(16-9)11-3-2-6-15-11/h7-8,11,15H,2-6H2,1H3,(H2,14,17). The molecule has 1 fully saturated rings. The van der Waals surface area contributed by atoms with Crippen LogP contribution in [0.3, 0.4) is 0 Å². The lowest BCUT2D eigenvalue weighted by atomic mass is 10.0. The van der Waals surface area contributed by atoms with Crippen LogP contribution in [0.15, 0.2) is 12.1 Å². The lowest BCUT2D eigenvalue weighted by Gasteiger charge is -2.12. The number of aryl methyl sites for hydroxylation is 2. The van der Waals surface area contributed by atoms with Crippen molar-refractivity contribution in [3.63, 3.8) is 0 Å². The summed E-state index contributed by atoms with van der Waals surface area (Å²) in [5.74, 6) is -0.250. The van der Waals surface area contributed by atoms with Gasteiger partial charge in [-0.15, -0.1) is 0 Å². The van der Waals surface area contributed by atoms with Gasteiger partial charge in [0.2, 0.25) is 5.91 Å². The highest BCUT2D eigenvalue weighted by Crippen LogP contribution is 2.22. The van der Waals surface area contributed by atoms with E-state index >= 15 is 0 Å². The molecule has 1 atom stereocenters. The van der Waals surface area contributed by atoms with E-state index in [0.29, 0.717) is 18.9 Å². The zero-order chi connectivity index (χ0) is 12.3. The summed E-state index contributed by atoms with van der Waals surface area (Å²) in [6.07, 6.45) is 3.46. The number of hydrogen-bond acceptors (Lipinski definition) is 3. The summed E-state index contributed by atoms with van der Waals surface area (Å²) in [4.78, 5) is 15.4. The van der Waals surface area contributed by atoms with Crippen LogP contribution in [0, 0.1) is 6.92 Å². The maximum Gasteiger partial charge on any atom is 0.217 e. The Morgan fingerprint density at radius 1 is 1.59 bits per heavy atom. The number of hydrogen-bond donors (Lipinski definition) is 2. The fraction of sp³-hybridized carbons (Fsp3) is 0.538. The maximum atomic E-state index is 10.8. The number of carbonyl (C=O) groups excluding carboxylic acids is 1. The summed E-state index contributed by atoms with van der Waals surface area (Å²) in [5, 5.41) is 3.44. The molecule has 1 amide bonds. The SMILES string of the molecule is Cc1cc(CCC(N)=O)cc(C2CCCN2)n1. The van der Waals surface area contributed by atoms with Gasteiger partial charge in [-0.1, -0.05) is 0 Å². The van der Waals surface area contributed by atoms with Crippen molar-refractivity contribution < 1.29 is 4.79 Å². The van der Waals surface area contributed by atoms with Gasteiger partial charge in [0.1, 0.15) is 0 Å². The Labute approximate surface area is 102 Å². The van der Waals surface area contributed by atoms with E-state index < -0.39 is 0 Å². The second-order valence-electron chi connectivity index (χ2n) is 4.66. The molecule has 1 aliphatic heterocycles. The highest BCUT2D eigenvalue weighted by molar-refractivity contribution is 5.74. The van der Waals surface area contributed by atoms with Crippen LogP contribution in [0.25, 0.3) is 0 Å². The van der Waals surface area contributed by atoms with Crippen molar-refractivity contribution in [2.75, 3.05) is 6.54 Å². The maximum absolute atomic E-state index is 10.8.